The Labute approximate surface area is 175 Å². The number of aromatic amines is 1. The van der Waals surface area contributed by atoms with Gasteiger partial charge in [0.15, 0.2) is 0 Å². The molecule has 3 N–H and O–H groups in total. The fourth-order valence-corrected chi connectivity index (χ4v) is 3.03. The molecular formula is C23H26N2O5. The van der Waals surface area contributed by atoms with E-state index < -0.39 is 23.7 Å². The third-order valence-electron chi connectivity index (χ3n) is 4.40. The number of amides is 1. The topological polar surface area (TPSA) is 101 Å². The zero-order chi connectivity index (χ0) is 21.7. The molecule has 0 fully saturated rings. The average Bonchev–Trinajstić information content (AvgIpc) is 3.07. The summed E-state index contributed by atoms with van der Waals surface area (Å²) in [6.07, 6.45) is 1.11. The van der Waals surface area contributed by atoms with Crippen LogP contribution in [-0.4, -0.2) is 33.8 Å². The van der Waals surface area contributed by atoms with Crippen molar-refractivity contribution < 1.29 is 24.2 Å². The number of rotatable bonds is 7. The Morgan fingerprint density at radius 3 is 2.53 bits per heavy atom. The Kier molecular flexibility index (Phi) is 6.30. The minimum absolute atomic E-state index is 0.124. The summed E-state index contributed by atoms with van der Waals surface area (Å²) in [5.74, 6) is -0.417. The molecule has 0 saturated carbocycles. The SMILES string of the molecule is CC(C)(C)OC(=O)N[C@H](Cc1c[nH]c2cc(OCc3ccccc3)ccc12)C(=O)O. The quantitative estimate of drug-likeness (QED) is 0.540. The number of carboxylic acid groups (broad SMARTS) is 1. The molecule has 1 atom stereocenters. The van der Waals surface area contributed by atoms with Crippen LogP contribution < -0.4 is 10.1 Å². The van der Waals surface area contributed by atoms with Gasteiger partial charge in [-0.25, -0.2) is 9.59 Å². The lowest BCUT2D eigenvalue weighted by Crippen LogP contribution is -2.44. The van der Waals surface area contributed by atoms with Crippen LogP contribution in [0, 0.1) is 0 Å². The minimum Gasteiger partial charge on any atom is -0.489 e. The highest BCUT2D eigenvalue weighted by Crippen LogP contribution is 2.25. The highest BCUT2D eigenvalue weighted by molar-refractivity contribution is 5.86. The number of H-pyrrole nitrogens is 1. The molecule has 0 spiro atoms. The number of carbonyl (C=O) groups excluding carboxylic acids is 1. The molecule has 30 heavy (non-hydrogen) atoms. The van der Waals surface area contributed by atoms with Gasteiger partial charge in [0.2, 0.25) is 0 Å². The molecule has 1 aromatic heterocycles. The Bertz CT molecular complexity index is 1020. The van der Waals surface area contributed by atoms with E-state index in [9.17, 15) is 14.7 Å². The van der Waals surface area contributed by atoms with Gasteiger partial charge in [0, 0.05) is 29.6 Å². The standard InChI is InChI=1S/C23H26N2O5/c1-23(2,3)30-22(28)25-20(21(26)27)11-16-13-24-19-12-17(9-10-18(16)19)29-14-15-7-5-4-6-8-15/h4-10,12-13,20,24H,11,14H2,1-3H3,(H,25,28)(H,26,27)/t20-/m1/s1. The first kappa shape index (κ1) is 21.2. The maximum Gasteiger partial charge on any atom is 0.408 e. The van der Waals surface area contributed by atoms with Crippen LogP contribution in [-0.2, 0) is 22.6 Å². The van der Waals surface area contributed by atoms with E-state index in [0.29, 0.717) is 12.4 Å². The molecule has 3 rings (SSSR count). The number of aromatic nitrogens is 1. The summed E-state index contributed by atoms with van der Waals surface area (Å²) in [5.41, 5.74) is 1.98. The maximum atomic E-state index is 12.0. The van der Waals surface area contributed by atoms with E-state index in [1.54, 1.807) is 27.0 Å². The van der Waals surface area contributed by atoms with Gasteiger partial charge >= 0.3 is 12.1 Å². The van der Waals surface area contributed by atoms with E-state index in [0.717, 1.165) is 22.0 Å². The number of hydrogen-bond donors (Lipinski definition) is 3. The van der Waals surface area contributed by atoms with E-state index in [1.807, 2.05) is 48.5 Å². The number of carbonyl (C=O) groups is 2. The average molecular weight is 410 g/mol. The Morgan fingerprint density at radius 2 is 1.87 bits per heavy atom. The first-order valence-electron chi connectivity index (χ1n) is 9.70. The van der Waals surface area contributed by atoms with Crippen molar-refractivity contribution in [3.63, 3.8) is 0 Å². The molecule has 3 aromatic rings. The molecule has 1 amide bonds. The summed E-state index contributed by atoms with van der Waals surface area (Å²) in [6, 6.07) is 14.4. The van der Waals surface area contributed by atoms with Crippen LogP contribution in [0.5, 0.6) is 5.75 Å². The van der Waals surface area contributed by atoms with Crippen LogP contribution in [0.25, 0.3) is 10.9 Å². The molecule has 0 unspecified atom stereocenters. The van der Waals surface area contributed by atoms with Gasteiger partial charge in [-0.3, -0.25) is 0 Å². The molecule has 0 aliphatic heterocycles. The number of benzene rings is 2. The van der Waals surface area contributed by atoms with Crippen molar-refractivity contribution in [3.8, 4) is 5.75 Å². The number of ether oxygens (including phenoxy) is 2. The Balaban J connectivity index is 1.69. The van der Waals surface area contributed by atoms with E-state index in [1.165, 1.54) is 0 Å². The lowest BCUT2D eigenvalue weighted by atomic mass is 10.0. The fraction of sp³-hybridized carbons (Fsp3) is 0.304. The van der Waals surface area contributed by atoms with Crippen molar-refractivity contribution in [3.05, 3.63) is 65.9 Å². The number of aliphatic carboxylic acids is 1. The van der Waals surface area contributed by atoms with E-state index >= 15 is 0 Å². The van der Waals surface area contributed by atoms with Crippen LogP contribution in [0.15, 0.2) is 54.7 Å². The third-order valence-corrected chi connectivity index (χ3v) is 4.40. The van der Waals surface area contributed by atoms with Gasteiger partial charge in [0.25, 0.3) is 0 Å². The number of alkyl carbamates (subject to hydrolysis) is 1. The van der Waals surface area contributed by atoms with Crippen LogP contribution in [0.2, 0.25) is 0 Å². The Morgan fingerprint density at radius 1 is 1.13 bits per heavy atom. The smallest absolute Gasteiger partial charge is 0.408 e. The van der Waals surface area contributed by atoms with Crippen molar-refractivity contribution in [2.45, 2.75) is 45.4 Å². The number of nitrogens with one attached hydrogen (secondary N) is 2. The van der Waals surface area contributed by atoms with Gasteiger partial charge in [0.05, 0.1) is 0 Å². The highest BCUT2D eigenvalue weighted by Gasteiger charge is 2.25. The summed E-state index contributed by atoms with van der Waals surface area (Å²) < 4.78 is 11.0. The maximum absolute atomic E-state index is 12.0. The second kappa shape index (κ2) is 8.90. The van der Waals surface area contributed by atoms with Crippen molar-refractivity contribution in [1.29, 1.82) is 0 Å². The highest BCUT2D eigenvalue weighted by atomic mass is 16.6. The molecule has 7 heteroatoms. The molecule has 0 aliphatic carbocycles. The van der Waals surface area contributed by atoms with Crippen molar-refractivity contribution in [2.24, 2.45) is 0 Å². The molecule has 0 bridgehead atoms. The molecule has 158 valence electrons. The van der Waals surface area contributed by atoms with Gasteiger partial charge in [-0.05, 0) is 44.0 Å². The molecule has 0 aliphatic rings. The zero-order valence-electron chi connectivity index (χ0n) is 17.3. The predicted octanol–water partition coefficient (Wildman–Crippen LogP) is 4.27. The summed E-state index contributed by atoms with van der Waals surface area (Å²) in [7, 11) is 0. The summed E-state index contributed by atoms with van der Waals surface area (Å²) in [4.78, 5) is 26.8. The molecule has 0 radical (unpaired) electrons. The van der Waals surface area contributed by atoms with Gasteiger partial charge in [-0.1, -0.05) is 30.3 Å². The first-order valence-corrected chi connectivity index (χ1v) is 9.70. The third kappa shape index (κ3) is 5.76. The second-order valence-corrected chi connectivity index (χ2v) is 8.04. The molecule has 0 saturated heterocycles. The normalized spacial score (nSPS) is 12.4. The largest absolute Gasteiger partial charge is 0.489 e. The van der Waals surface area contributed by atoms with Gasteiger partial charge in [0.1, 0.15) is 24.0 Å². The first-order chi connectivity index (χ1) is 14.2. The van der Waals surface area contributed by atoms with Gasteiger partial charge < -0.3 is 24.9 Å². The van der Waals surface area contributed by atoms with Crippen molar-refractivity contribution >= 4 is 23.0 Å². The molecule has 7 nitrogen and oxygen atoms in total. The molecular weight excluding hydrogens is 384 g/mol. The van der Waals surface area contributed by atoms with Crippen LogP contribution in [0.1, 0.15) is 31.9 Å². The summed E-state index contributed by atoms with van der Waals surface area (Å²) >= 11 is 0. The molecule has 1 heterocycles. The summed E-state index contributed by atoms with van der Waals surface area (Å²) in [5, 5.41) is 12.8. The second-order valence-electron chi connectivity index (χ2n) is 8.04. The zero-order valence-corrected chi connectivity index (χ0v) is 17.3. The fourth-order valence-electron chi connectivity index (χ4n) is 3.03. The predicted molar refractivity (Wildman–Crippen MR) is 114 cm³/mol. The van der Waals surface area contributed by atoms with E-state index in [-0.39, 0.29) is 6.42 Å². The van der Waals surface area contributed by atoms with Gasteiger partial charge in [-0.2, -0.15) is 0 Å². The summed E-state index contributed by atoms with van der Waals surface area (Å²) in [6.45, 7) is 5.62. The number of fused-ring (bicyclic) bond motifs is 1. The lowest BCUT2D eigenvalue weighted by Gasteiger charge is -2.22. The number of hydrogen-bond acceptors (Lipinski definition) is 4. The lowest BCUT2D eigenvalue weighted by molar-refractivity contribution is -0.139. The van der Waals surface area contributed by atoms with E-state index in [2.05, 4.69) is 10.3 Å². The Hall–Kier alpha value is -3.48. The monoisotopic (exact) mass is 410 g/mol. The van der Waals surface area contributed by atoms with E-state index in [4.69, 9.17) is 9.47 Å². The van der Waals surface area contributed by atoms with Crippen molar-refractivity contribution in [1.82, 2.24) is 10.3 Å². The molecule has 2 aromatic carbocycles. The van der Waals surface area contributed by atoms with Crippen LogP contribution >= 0.6 is 0 Å². The van der Waals surface area contributed by atoms with Crippen LogP contribution in [0.4, 0.5) is 4.79 Å². The van der Waals surface area contributed by atoms with Crippen LogP contribution in [0.3, 0.4) is 0 Å². The minimum atomic E-state index is -1.13. The van der Waals surface area contributed by atoms with Gasteiger partial charge in [-0.15, -0.1) is 0 Å². The number of carboxylic acids is 1. The van der Waals surface area contributed by atoms with Crippen molar-refractivity contribution in [2.75, 3.05) is 0 Å².